The molecule has 0 radical (unpaired) electrons. The molecule has 1 N–H and O–H groups in total. The van der Waals surface area contributed by atoms with Crippen LogP contribution in [-0.2, 0) is 9.53 Å². The maximum absolute atomic E-state index is 12.0. The Balaban J connectivity index is 3.95. The number of nitrogens with one attached hydrogen (secondary N) is 1. The highest BCUT2D eigenvalue weighted by Crippen LogP contribution is 2.21. The molecule has 21 heavy (non-hydrogen) atoms. The van der Waals surface area contributed by atoms with Crippen LogP contribution in [-0.4, -0.2) is 24.7 Å². The predicted molar refractivity (Wildman–Crippen MR) is 90.3 cm³/mol. The fourth-order valence-electron chi connectivity index (χ4n) is 2.18. The predicted octanol–water partition coefficient (Wildman–Crippen LogP) is 4.41. The molecule has 126 valence electrons. The van der Waals surface area contributed by atoms with Crippen LogP contribution in [0.1, 0.15) is 74.7 Å². The molecule has 0 aliphatic rings. The van der Waals surface area contributed by atoms with E-state index >= 15 is 0 Å². The summed E-state index contributed by atoms with van der Waals surface area (Å²) in [4.78, 5) is 12.0. The van der Waals surface area contributed by atoms with Crippen LogP contribution >= 0.6 is 0 Å². The summed E-state index contributed by atoms with van der Waals surface area (Å²) in [6.07, 6.45) is 2.84. The van der Waals surface area contributed by atoms with Gasteiger partial charge in [-0.3, -0.25) is 4.79 Å². The van der Waals surface area contributed by atoms with E-state index in [1.807, 2.05) is 6.92 Å². The molecule has 0 aliphatic heterocycles. The second-order valence-electron chi connectivity index (χ2n) is 8.49. The summed E-state index contributed by atoms with van der Waals surface area (Å²) in [5, 5.41) is 3.03. The molecule has 1 amide bonds. The Bertz CT molecular complexity index is 303. The standard InChI is InChI=1S/C18H37NO2/c1-14(2)13-15(3)16(20)19-11-9-18(7,8)21-12-10-17(4,5)6/h14-15H,9-13H2,1-8H3,(H,19,20). The lowest BCUT2D eigenvalue weighted by atomic mass is 9.93. The molecular formula is C18H37NO2. The average Bonchev–Trinajstić information content (AvgIpc) is 2.25. The van der Waals surface area contributed by atoms with Crippen LogP contribution in [0.5, 0.6) is 0 Å². The average molecular weight is 299 g/mol. The fraction of sp³-hybridized carbons (Fsp3) is 0.944. The number of carbonyl (C=O) groups excluding carboxylic acids is 1. The zero-order valence-electron chi connectivity index (χ0n) is 15.5. The third-order valence-electron chi connectivity index (χ3n) is 3.64. The van der Waals surface area contributed by atoms with Crippen molar-refractivity contribution in [1.82, 2.24) is 5.32 Å². The second kappa shape index (κ2) is 8.77. The highest BCUT2D eigenvalue weighted by Gasteiger charge is 2.21. The van der Waals surface area contributed by atoms with Crippen LogP contribution < -0.4 is 5.32 Å². The molecule has 0 rings (SSSR count). The lowest BCUT2D eigenvalue weighted by Crippen LogP contribution is -2.36. The van der Waals surface area contributed by atoms with E-state index in [-0.39, 0.29) is 17.4 Å². The number of rotatable bonds is 9. The number of hydrogen-bond acceptors (Lipinski definition) is 2. The van der Waals surface area contributed by atoms with Gasteiger partial charge in [-0.05, 0) is 44.4 Å². The van der Waals surface area contributed by atoms with E-state index < -0.39 is 0 Å². The largest absolute Gasteiger partial charge is 0.375 e. The van der Waals surface area contributed by atoms with E-state index in [1.54, 1.807) is 0 Å². The van der Waals surface area contributed by atoms with Gasteiger partial charge in [0.2, 0.25) is 5.91 Å². The van der Waals surface area contributed by atoms with Crippen LogP contribution in [0, 0.1) is 17.3 Å². The fourth-order valence-corrected chi connectivity index (χ4v) is 2.18. The van der Waals surface area contributed by atoms with Gasteiger partial charge in [0.1, 0.15) is 0 Å². The summed E-state index contributed by atoms with van der Waals surface area (Å²) in [6.45, 7) is 18.6. The van der Waals surface area contributed by atoms with Gasteiger partial charge in [0, 0.05) is 19.1 Å². The SMILES string of the molecule is CC(C)CC(C)C(=O)NCCC(C)(C)OCCC(C)(C)C. The smallest absolute Gasteiger partial charge is 0.222 e. The van der Waals surface area contributed by atoms with Crippen molar-refractivity contribution in [2.45, 2.75) is 80.3 Å². The van der Waals surface area contributed by atoms with E-state index in [0.29, 0.717) is 17.9 Å². The van der Waals surface area contributed by atoms with Crippen molar-refractivity contribution >= 4 is 5.91 Å². The Hall–Kier alpha value is -0.570. The van der Waals surface area contributed by atoms with Gasteiger partial charge < -0.3 is 10.1 Å². The van der Waals surface area contributed by atoms with E-state index in [0.717, 1.165) is 25.9 Å². The first-order valence-electron chi connectivity index (χ1n) is 8.34. The molecule has 1 atom stereocenters. The molecule has 0 saturated heterocycles. The van der Waals surface area contributed by atoms with Gasteiger partial charge in [-0.25, -0.2) is 0 Å². The second-order valence-corrected chi connectivity index (χ2v) is 8.49. The first-order chi connectivity index (χ1) is 9.43. The number of amides is 1. The van der Waals surface area contributed by atoms with Crippen LogP contribution in [0.2, 0.25) is 0 Å². The Labute approximate surface area is 132 Å². The lowest BCUT2D eigenvalue weighted by molar-refractivity contribution is -0.125. The Morgan fingerprint density at radius 2 is 1.62 bits per heavy atom. The van der Waals surface area contributed by atoms with E-state index in [4.69, 9.17) is 4.74 Å². The van der Waals surface area contributed by atoms with Gasteiger partial charge in [-0.15, -0.1) is 0 Å². The molecule has 0 aromatic rings. The lowest BCUT2D eigenvalue weighted by Gasteiger charge is -2.28. The zero-order chi connectivity index (χ0) is 16.7. The number of ether oxygens (including phenoxy) is 1. The van der Waals surface area contributed by atoms with E-state index in [2.05, 4.69) is 53.8 Å². The van der Waals surface area contributed by atoms with Crippen molar-refractivity contribution in [3.8, 4) is 0 Å². The third-order valence-corrected chi connectivity index (χ3v) is 3.64. The van der Waals surface area contributed by atoms with Crippen molar-refractivity contribution in [3.05, 3.63) is 0 Å². The van der Waals surface area contributed by atoms with Gasteiger partial charge in [0.25, 0.3) is 0 Å². The molecule has 0 aromatic heterocycles. The van der Waals surface area contributed by atoms with Gasteiger partial charge in [0.15, 0.2) is 0 Å². The molecule has 3 heteroatoms. The minimum absolute atomic E-state index is 0.0925. The normalized spacial score (nSPS) is 14.3. The summed E-state index contributed by atoms with van der Waals surface area (Å²) >= 11 is 0. The number of hydrogen-bond donors (Lipinski definition) is 1. The minimum atomic E-state index is -0.181. The topological polar surface area (TPSA) is 38.3 Å². The van der Waals surface area contributed by atoms with Gasteiger partial charge in [0.05, 0.1) is 5.60 Å². The Morgan fingerprint density at radius 1 is 1.05 bits per heavy atom. The first kappa shape index (κ1) is 20.4. The van der Waals surface area contributed by atoms with E-state index in [1.165, 1.54) is 0 Å². The summed E-state index contributed by atoms with van der Waals surface area (Å²) < 4.78 is 5.96. The molecule has 0 aliphatic carbocycles. The number of carbonyl (C=O) groups is 1. The summed E-state index contributed by atoms with van der Waals surface area (Å²) in [5.41, 5.74) is 0.121. The monoisotopic (exact) mass is 299 g/mol. The highest BCUT2D eigenvalue weighted by molar-refractivity contribution is 5.78. The quantitative estimate of drug-likeness (QED) is 0.685. The molecule has 0 aromatic carbocycles. The Kier molecular flexibility index (Phi) is 8.53. The van der Waals surface area contributed by atoms with Crippen molar-refractivity contribution in [2.24, 2.45) is 17.3 Å². The highest BCUT2D eigenvalue weighted by atomic mass is 16.5. The van der Waals surface area contributed by atoms with Gasteiger partial charge in [-0.1, -0.05) is 41.5 Å². The first-order valence-corrected chi connectivity index (χ1v) is 8.34. The molecule has 0 fully saturated rings. The molecule has 0 bridgehead atoms. The molecular weight excluding hydrogens is 262 g/mol. The molecule has 0 spiro atoms. The van der Waals surface area contributed by atoms with Gasteiger partial charge in [-0.2, -0.15) is 0 Å². The summed E-state index contributed by atoms with van der Waals surface area (Å²) in [7, 11) is 0. The van der Waals surface area contributed by atoms with Crippen molar-refractivity contribution in [2.75, 3.05) is 13.2 Å². The summed E-state index contributed by atoms with van der Waals surface area (Å²) in [6, 6.07) is 0. The van der Waals surface area contributed by atoms with Crippen LogP contribution in [0.15, 0.2) is 0 Å². The molecule has 3 nitrogen and oxygen atoms in total. The van der Waals surface area contributed by atoms with Crippen molar-refractivity contribution in [1.29, 1.82) is 0 Å². The van der Waals surface area contributed by atoms with E-state index in [9.17, 15) is 4.79 Å². The van der Waals surface area contributed by atoms with Crippen LogP contribution in [0.3, 0.4) is 0 Å². The summed E-state index contributed by atoms with van der Waals surface area (Å²) in [5.74, 6) is 0.812. The minimum Gasteiger partial charge on any atom is -0.375 e. The van der Waals surface area contributed by atoms with Crippen LogP contribution in [0.25, 0.3) is 0 Å². The third kappa shape index (κ3) is 11.7. The maximum atomic E-state index is 12.0. The van der Waals surface area contributed by atoms with Crippen molar-refractivity contribution < 1.29 is 9.53 Å². The van der Waals surface area contributed by atoms with Crippen LogP contribution in [0.4, 0.5) is 0 Å². The zero-order valence-corrected chi connectivity index (χ0v) is 15.5. The maximum Gasteiger partial charge on any atom is 0.222 e. The molecule has 0 saturated carbocycles. The molecule has 1 unspecified atom stereocenters. The van der Waals surface area contributed by atoms with Crippen molar-refractivity contribution in [3.63, 3.8) is 0 Å². The van der Waals surface area contributed by atoms with Gasteiger partial charge >= 0.3 is 0 Å². The molecule has 0 heterocycles. The Morgan fingerprint density at radius 3 is 2.10 bits per heavy atom.